The van der Waals surface area contributed by atoms with E-state index < -0.39 is 10.0 Å². The molecule has 1 aliphatic rings. The quantitative estimate of drug-likeness (QED) is 0.902. The first-order valence-corrected chi connectivity index (χ1v) is 7.17. The van der Waals surface area contributed by atoms with Crippen molar-refractivity contribution < 1.29 is 13.2 Å². The molecule has 0 bridgehead atoms. The molecule has 0 aromatic heterocycles. The Kier molecular flexibility index (Phi) is 4.51. The number of sulfonamides is 1. The van der Waals surface area contributed by atoms with Crippen molar-refractivity contribution in [1.82, 2.24) is 0 Å². The van der Waals surface area contributed by atoms with E-state index in [0.29, 0.717) is 18.1 Å². The minimum atomic E-state index is -3.86. The first kappa shape index (κ1) is 16.2. The number of benzene rings is 1. The van der Waals surface area contributed by atoms with Crippen LogP contribution in [0.4, 0.5) is 0 Å². The van der Waals surface area contributed by atoms with Crippen LogP contribution >= 0.6 is 24.0 Å². The summed E-state index contributed by atoms with van der Waals surface area (Å²) < 4.78 is 28.2. The molecule has 0 saturated heterocycles. The summed E-state index contributed by atoms with van der Waals surface area (Å²) in [6.45, 7) is 4.31. The summed E-state index contributed by atoms with van der Waals surface area (Å²) in [6, 6.07) is 4.49. The molecule has 0 saturated carbocycles. The van der Waals surface area contributed by atoms with E-state index in [2.05, 4.69) is 4.99 Å². The molecule has 0 aliphatic carbocycles. The minimum absolute atomic E-state index is 0. The second-order valence-electron chi connectivity index (χ2n) is 4.71. The van der Waals surface area contributed by atoms with E-state index in [9.17, 15) is 8.42 Å². The Balaban J connectivity index is 0.00000180. The van der Waals surface area contributed by atoms with Gasteiger partial charge >= 0.3 is 0 Å². The van der Waals surface area contributed by atoms with Crippen LogP contribution in [0.3, 0.4) is 0 Å². The van der Waals surface area contributed by atoms with E-state index in [1.165, 1.54) is 12.1 Å². The highest BCUT2D eigenvalue weighted by molar-refractivity contribution is 7.89. The van der Waals surface area contributed by atoms with Gasteiger partial charge in [-0.05, 0) is 32.0 Å². The van der Waals surface area contributed by atoms with Crippen LogP contribution in [0.25, 0.3) is 0 Å². The third-order valence-corrected chi connectivity index (χ3v) is 3.84. The molecule has 0 spiro atoms. The van der Waals surface area contributed by atoms with Crippen LogP contribution in [0.2, 0.25) is 5.02 Å². The highest BCUT2D eigenvalue weighted by Gasteiger charge is 2.27. The number of hydrogen-bond donors (Lipinski definition) is 1. The van der Waals surface area contributed by atoms with Crippen molar-refractivity contribution in [3.8, 4) is 0 Å². The summed E-state index contributed by atoms with van der Waals surface area (Å²) in [6.07, 6.45) is 0. The molecule has 5 nitrogen and oxygen atoms in total. The Hall–Kier alpha value is -0.820. The molecule has 0 fully saturated rings. The lowest BCUT2D eigenvalue weighted by molar-refractivity contribution is 0.279. The lowest BCUT2D eigenvalue weighted by atomic mass is 10.1. The van der Waals surface area contributed by atoms with Crippen molar-refractivity contribution in [3.05, 3.63) is 28.8 Å². The monoisotopic (exact) mass is 324 g/mol. The third-order valence-electron chi connectivity index (χ3n) is 2.45. The van der Waals surface area contributed by atoms with E-state index in [1.807, 2.05) is 13.8 Å². The van der Waals surface area contributed by atoms with Gasteiger partial charge in [-0.25, -0.2) is 18.5 Å². The molecule has 1 heterocycles. The zero-order chi connectivity index (χ0) is 13.6. The fraction of sp³-hybridized carbons (Fsp3) is 0.364. The van der Waals surface area contributed by atoms with Crippen molar-refractivity contribution >= 4 is 39.9 Å². The lowest BCUT2D eigenvalue weighted by Gasteiger charge is -2.07. The van der Waals surface area contributed by atoms with Gasteiger partial charge < -0.3 is 4.74 Å². The van der Waals surface area contributed by atoms with Crippen molar-refractivity contribution in [2.75, 3.05) is 6.61 Å². The van der Waals surface area contributed by atoms with Crippen molar-refractivity contribution in [1.29, 1.82) is 0 Å². The Morgan fingerprint density at radius 2 is 2.05 bits per heavy atom. The molecular weight excluding hydrogens is 311 g/mol. The Labute approximate surface area is 123 Å². The fourth-order valence-corrected chi connectivity index (χ4v) is 2.66. The first-order chi connectivity index (χ1) is 8.19. The molecule has 1 aromatic carbocycles. The van der Waals surface area contributed by atoms with Crippen LogP contribution in [0.5, 0.6) is 0 Å². The summed E-state index contributed by atoms with van der Waals surface area (Å²) in [4.78, 5) is 4.23. The smallest absolute Gasteiger partial charge is 0.239 e. The Bertz CT molecular complexity index is 627. The Morgan fingerprint density at radius 1 is 1.42 bits per heavy atom. The number of primary sulfonamides is 1. The van der Waals surface area contributed by atoms with E-state index in [1.54, 1.807) is 6.07 Å². The standard InChI is InChI=1S/C11H13ClN2O3S.ClH/c1-11(2)6-17-10(14-11)7-3-4-8(12)9(5-7)18(13,15)16;/h3-5H,6H2,1-2H3,(H2,13,15,16);1H. The lowest BCUT2D eigenvalue weighted by Crippen LogP contribution is -2.17. The molecule has 1 aliphatic heterocycles. The van der Waals surface area contributed by atoms with Gasteiger partial charge in [0.05, 0.1) is 10.6 Å². The van der Waals surface area contributed by atoms with Gasteiger partial charge in [0.25, 0.3) is 0 Å². The zero-order valence-corrected chi connectivity index (χ0v) is 12.8. The summed E-state index contributed by atoms with van der Waals surface area (Å²) in [7, 11) is -3.86. The van der Waals surface area contributed by atoms with Crippen LogP contribution in [-0.4, -0.2) is 26.5 Å². The van der Waals surface area contributed by atoms with Gasteiger partial charge in [0, 0.05) is 5.56 Å². The van der Waals surface area contributed by atoms with Crippen molar-refractivity contribution in [3.63, 3.8) is 0 Å². The summed E-state index contributed by atoms with van der Waals surface area (Å²) in [5.41, 5.74) is 0.241. The SMILES string of the molecule is CC1(C)COC(c2ccc(Cl)c(S(N)(=O)=O)c2)=N1.Cl. The van der Waals surface area contributed by atoms with Gasteiger partial charge in [-0.3, -0.25) is 0 Å². The number of hydrogen-bond acceptors (Lipinski definition) is 4. The van der Waals surface area contributed by atoms with Crippen LogP contribution in [0.1, 0.15) is 19.4 Å². The number of ether oxygens (including phenoxy) is 1. The van der Waals surface area contributed by atoms with Crippen molar-refractivity contribution in [2.45, 2.75) is 24.3 Å². The highest BCUT2D eigenvalue weighted by atomic mass is 35.5. The maximum Gasteiger partial charge on any atom is 0.239 e. The van der Waals surface area contributed by atoms with Crippen LogP contribution in [-0.2, 0) is 14.8 Å². The second kappa shape index (κ2) is 5.28. The topological polar surface area (TPSA) is 81.8 Å². The van der Waals surface area contributed by atoms with Gasteiger partial charge in [-0.1, -0.05) is 11.6 Å². The fourth-order valence-electron chi connectivity index (χ4n) is 1.59. The van der Waals surface area contributed by atoms with Gasteiger partial charge in [0.1, 0.15) is 11.5 Å². The molecule has 2 rings (SSSR count). The molecule has 106 valence electrons. The van der Waals surface area contributed by atoms with E-state index in [4.69, 9.17) is 21.5 Å². The van der Waals surface area contributed by atoms with Crippen molar-refractivity contribution in [2.24, 2.45) is 10.1 Å². The molecule has 8 heteroatoms. The number of nitrogens with two attached hydrogens (primary N) is 1. The average Bonchev–Trinajstić information content (AvgIpc) is 2.58. The molecule has 0 radical (unpaired) electrons. The van der Waals surface area contributed by atoms with Gasteiger partial charge in [0.15, 0.2) is 0 Å². The van der Waals surface area contributed by atoms with Gasteiger partial charge in [0.2, 0.25) is 15.9 Å². The first-order valence-electron chi connectivity index (χ1n) is 5.24. The Morgan fingerprint density at radius 3 is 2.53 bits per heavy atom. The number of rotatable bonds is 2. The number of halogens is 2. The average molecular weight is 325 g/mol. The normalized spacial score (nSPS) is 17.4. The molecule has 0 unspecified atom stereocenters. The van der Waals surface area contributed by atoms with E-state index in [0.717, 1.165) is 0 Å². The largest absolute Gasteiger partial charge is 0.475 e. The molecule has 0 atom stereocenters. The van der Waals surface area contributed by atoms with Gasteiger partial charge in [-0.15, -0.1) is 12.4 Å². The molecular formula is C11H14Cl2N2O3S. The predicted molar refractivity (Wildman–Crippen MR) is 76.6 cm³/mol. The predicted octanol–water partition coefficient (Wildman–Crippen LogP) is 1.96. The molecule has 2 N–H and O–H groups in total. The summed E-state index contributed by atoms with van der Waals surface area (Å²) >= 11 is 5.80. The van der Waals surface area contributed by atoms with E-state index >= 15 is 0 Å². The summed E-state index contributed by atoms with van der Waals surface area (Å²) in [5.74, 6) is 0.404. The maximum atomic E-state index is 11.4. The number of aliphatic imine (C=N–C) groups is 1. The van der Waals surface area contributed by atoms with Gasteiger partial charge in [-0.2, -0.15) is 0 Å². The minimum Gasteiger partial charge on any atom is -0.475 e. The second-order valence-corrected chi connectivity index (χ2v) is 6.65. The third kappa shape index (κ3) is 3.60. The van der Waals surface area contributed by atoms with Crippen LogP contribution < -0.4 is 5.14 Å². The molecule has 0 amide bonds. The van der Waals surface area contributed by atoms with E-state index in [-0.39, 0.29) is 27.9 Å². The zero-order valence-electron chi connectivity index (χ0n) is 10.4. The molecule has 1 aromatic rings. The molecule has 19 heavy (non-hydrogen) atoms. The van der Waals surface area contributed by atoms with Crippen LogP contribution in [0.15, 0.2) is 28.1 Å². The summed E-state index contributed by atoms with van der Waals surface area (Å²) in [5, 5.41) is 5.17. The maximum absolute atomic E-state index is 11.4. The highest BCUT2D eigenvalue weighted by Crippen LogP contribution is 2.25. The number of nitrogens with zero attached hydrogens (tertiary/aromatic N) is 1. The van der Waals surface area contributed by atoms with Crippen LogP contribution in [0, 0.1) is 0 Å².